The molecule has 1 aliphatic heterocycles. The van der Waals surface area contributed by atoms with E-state index in [1.54, 1.807) is 22.4 Å². The minimum absolute atomic E-state index is 0.0206. The summed E-state index contributed by atoms with van der Waals surface area (Å²) in [6.45, 7) is 5.58. The summed E-state index contributed by atoms with van der Waals surface area (Å²) in [5.74, 6) is -1.17. The SMILES string of the molecule is CC(C)[C@H]1CN(C(=O)[C@H](c2cccs2)N(C(=O)CCl)c2cccc(C(F)(F)F)c2)CCN1. The van der Waals surface area contributed by atoms with Crippen LogP contribution in [-0.2, 0) is 15.8 Å². The Kier molecular flexibility index (Phi) is 7.84. The fraction of sp³-hybridized carbons (Fsp3) is 0.455. The van der Waals surface area contributed by atoms with Gasteiger partial charge in [0.2, 0.25) is 5.91 Å². The van der Waals surface area contributed by atoms with Crippen LogP contribution in [0, 0.1) is 5.92 Å². The lowest BCUT2D eigenvalue weighted by Crippen LogP contribution is -2.57. The van der Waals surface area contributed by atoms with E-state index in [4.69, 9.17) is 11.6 Å². The zero-order valence-corrected chi connectivity index (χ0v) is 19.3. The van der Waals surface area contributed by atoms with E-state index in [9.17, 15) is 22.8 Å². The molecular formula is C22H25ClF3N3O2S. The highest BCUT2D eigenvalue weighted by Crippen LogP contribution is 2.36. The van der Waals surface area contributed by atoms with Crippen LogP contribution in [0.5, 0.6) is 0 Å². The number of amides is 2. The number of benzene rings is 1. The molecule has 32 heavy (non-hydrogen) atoms. The third-order valence-electron chi connectivity index (χ3n) is 5.46. The molecule has 10 heteroatoms. The topological polar surface area (TPSA) is 52.7 Å². The van der Waals surface area contributed by atoms with E-state index in [1.165, 1.54) is 23.5 Å². The molecule has 0 saturated carbocycles. The number of anilines is 1. The molecule has 2 atom stereocenters. The Balaban J connectivity index is 2.05. The van der Waals surface area contributed by atoms with Crippen molar-refractivity contribution < 1.29 is 22.8 Å². The van der Waals surface area contributed by atoms with Crippen molar-refractivity contribution >= 4 is 40.4 Å². The molecule has 0 spiro atoms. The summed E-state index contributed by atoms with van der Waals surface area (Å²) in [4.78, 5) is 30.0. The Morgan fingerprint density at radius 1 is 1.28 bits per heavy atom. The molecule has 1 N–H and O–H groups in total. The molecule has 3 rings (SSSR count). The summed E-state index contributed by atoms with van der Waals surface area (Å²) in [6, 6.07) is 6.86. The number of piperazine rings is 1. The molecule has 174 valence electrons. The minimum atomic E-state index is -4.59. The maximum Gasteiger partial charge on any atom is 0.416 e. The van der Waals surface area contributed by atoms with E-state index in [0.717, 1.165) is 17.0 Å². The quantitative estimate of drug-likeness (QED) is 0.609. The third kappa shape index (κ3) is 5.44. The average molecular weight is 488 g/mol. The number of nitrogens with one attached hydrogen (secondary N) is 1. The van der Waals surface area contributed by atoms with Crippen LogP contribution in [0.15, 0.2) is 41.8 Å². The van der Waals surface area contributed by atoms with Gasteiger partial charge in [0, 0.05) is 36.2 Å². The second-order valence-electron chi connectivity index (χ2n) is 7.95. The van der Waals surface area contributed by atoms with Gasteiger partial charge in [-0.25, -0.2) is 0 Å². The van der Waals surface area contributed by atoms with E-state index in [0.29, 0.717) is 24.5 Å². The zero-order chi connectivity index (χ0) is 23.5. The fourth-order valence-electron chi connectivity index (χ4n) is 3.74. The van der Waals surface area contributed by atoms with Gasteiger partial charge in [0.05, 0.1) is 5.56 Å². The van der Waals surface area contributed by atoms with Gasteiger partial charge in [0.1, 0.15) is 11.9 Å². The highest BCUT2D eigenvalue weighted by Gasteiger charge is 2.39. The van der Waals surface area contributed by atoms with Gasteiger partial charge in [-0.15, -0.1) is 22.9 Å². The van der Waals surface area contributed by atoms with Crippen molar-refractivity contribution in [2.75, 3.05) is 30.4 Å². The number of rotatable bonds is 6. The maximum absolute atomic E-state index is 13.7. The largest absolute Gasteiger partial charge is 0.416 e. The molecule has 1 fully saturated rings. The van der Waals surface area contributed by atoms with Gasteiger partial charge < -0.3 is 10.2 Å². The Labute approximate surface area is 194 Å². The smallest absolute Gasteiger partial charge is 0.338 e. The number of carbonyl (C=O) groups excluding carboxylic acids is 2. The molecule has 1 aromatic carbocycles. The summed E-state index contributed by atoms with van der Waals surface area (Å²) in [5.41, 5.74) is -0.922. The third-order valence-corrected chi connectivity index (χ3v) is 6.61. The van der Waals surface area contributed by atoms with Gasteiger partial charge in [-0.2, -0.15) is 13.2 Å². The number of hydrogen-bond donors (Lipinski definition) is 1. The van der Waals surface area contributed by atoms with Crippen LogP contribution in [0.4, 0.5) is 18.9 Å². The Morgan fingerprint density at radius 2 is 2.03 bits per heavy atom. The van der Waals surface area contributed by atoms with Crippen molar-refractivity contribution in [3.8, 4) is 0 Å². The molecule has 1 saturated heterocycles. The monoisotopic (exact) mass is 487 g/mol. The second kappa shape index (κ2) is 10.2. The van der Waals surface area contributed by atoms with Gasteiger partial charge in [-0.05, 0) is 35.6 Å². The van der Waals surface area contributed by atoms with Crippen molar-refractivity contribution in [2.24, 2.45) is 5.92 Å². The van der Waals surface area contributed by atoms with Crippen LogP contribution in [0.1, 0.15) is 30.3 Å². The first-order valence-corrected chi connectivity index (χ1v) is 11.7. The fourth-order valence-corrected chi connectivity index (χ4v) is 4.67. The molecular weight excluding hydrogens is 463 g/mol. The Bertz CT molecular complexity index is 937. The second-order valence-corrected chi connectivity index (χ2v) is 9.20. The van der Waals surface area contributed by atoms with Gasteiger partial charge in [0.25, 0.3) is 5.91 Å². The van der Waals surface area contributed by atoms with Crippen molar-refractivity contribution in [3.63, 3.8) is 0 Å². The zero-order valence-electron chi connectivity index (χ0n) is 17.7. The maximum atomic E-state index is 13.7. The first-order valence-electron chi connectivity index (χ1n) is 10.2. The molecule has 0 aliphatic carbocycles. The molecule has 5 nitrogen and oxygen atoms in total. The van der Waals surface area contributed by atoms with Crippen LogP contribution >= 0.6 is 22.9 Å². The summed E-state index contributed by atoms with van der Waals surface area (Å²) >= 11 is 7.11. The lowest BCUT2D eigenvalue weighted by molar-refractivity contribution is -0.137. The molecule has 2 aromatic rings. The average Bonchev–Trinajstić information content (AvgIpc) is 3.30. The van der Waals surface area contributed by atoms with Crippen LogP contribution in [0.3, 0.4) is 0 Å². The number of alkyl halides is 4. The van der Waals surface area contributed by atoms with Crippen molar-refractivity contribution in [3.05, 3.63) is 52.2 Å². The first kappa shape index (κ1) is 24.5. The van der Waals surface area contributed by atoms with Gasteiger partial charge in [-0.3, -0.25) is 14.5 Å². The number of carbonyl (C=O) groups is 2. The summed E-state index contributed by atoms with van der Waals surface area (Å²) in [5, 5.41) is 5.14. The highest BCUT2D eigenvalue weighted by molar-refractivity contribution is 7.10. The molecule has 2 amide bonds. The summed E-state index contributed by atoms with van der Waals surface area (Å²) < 4.78 is 40.0. The van der Waals surface area contributed by atoms with Gasteiger partial charge in [-0.1, -0.05) is 26.0 Å². The van der Waals surface area contributed by atoms with Gasteiger partial charge >= 0.3 is 6.18 Å². The molecule has 1 aliphatic rings. The molecule has 0 bridgehead atoms. The lowest BCUT2D eigenvalue weighted by Gasteiger charge is -2.39. The van der Waals surface area contributed by atoms with E-state index >= 15 is 0 Å². The van der Waals surface area contributed by atoms with Crippen molar-refractivity contribution in [2.45, 2.75) is 32.1 Å². The Hall–Kier alpha value is -2.10. The molecule has 2 heterocycles. The van der Waals surface area contributed by atoms with Crippen molar-refractivity contribution in [1.29, 1.82) is 0 Å². The van der Waals surface area contributed by atoms with Crippen LogP contribution in [0.2, 0.25) is 0 Å². The van der Waals surface area contributed by atoms with E-state index in [1.807, 2.05) is 13.8 Å². The first-order chi connectivity index (χ1) is 15.1. The van der Waals surface area contributed by atoms with E-state index in [2.05, 4.69) is 5.32 Å². The van der Waals surface area contributed by atoms with Gasteiger partial charge in [0.15, 0.2) is 0 Å². The normalized spacial score (nSPS) is 18.0. The minimum Gasteiger partial charge on any atom is -0.338 e. The lowest BCUT2D eigenvalue weighted by atomic mass is 10.0. The molecule has 0 unspecified atom stereocenters. The molecule has 0 radical (unpaired) electrons. The highest BCUT2D eigenvalue weighted by atomic mass is 35.5. The number of thiophene rings is 1. The van der Waals surface area contributed by atoms with Crippen LogP contribution < -0.4 is 10.2 Å². The predicted octanol–water partition coefficient (Wildman–Crippen LogP) is 4.54. The number of halogens is 4. The van der Waals surface area contributed by atoms with Crippen LogP contribution in [-0.4, -0.2) is 48.3 Å². The standard InChI is InChI=1S/C22H25ClF3N3O2S/c1-14(2)17-13-28(9-8-27-17)21(31)20(18-7-4-10-32-18)29(19(30)12-23)16-6-3-5-15(11-16)22(24,25)26/h3-7,10-11,14,17,20,27H,8-9,12-13H2,1-2H3/t17-,20+/m1/s1. The van der Waals surface area contributed by atoms with Crippen LogP contribution in [0.25, 0.3) is 0 Å². The number of nitrogens with zero attached hydrogens (tertiary/aromatic N) is 2. The van der Waals surface area contributed by atoms with E-state index < -0.39 is 29.6 Å². The summed E-state index contributed by atoms with van der Waals surface area (Å²) in [7, 11) is 0. The molecule has 1 aromatic heterocycles. The predicted molar refractivity (Wildman–Crippen MR) is 120 cm³/mol. The number of hydrogen-bond acceptors (Lipinski definition) is 4. The summed E-state index contributed by atoms with van der Waals surface area (Å²) in [6.07, 6.45) is -4.59. The van der Waals surface area contributed by atoms with E-state index in [-0.39, 0.29) is 23.6 Å². The van der Waals surface area contributed by atoms with Crippen molar-refractivity contribution in [1.82, 2.24) is 10.2 Å². The Morgan fingerprint density at radius 3 is 2.62 bits per heavy atom.